The number of hydrogen-bond donors (Lipinski definition) is 3. The van der Waals surface area contributed by atoms with Gasteiger partial charge in [0, 0.05) is 54.3 Å². The summed E-state index contributed by atoms with van der Waals surface area (Å²) in [4.78, 5) is 37.5. The van der Waals surface area contributed by atoms with Crippen molar-refractivity contribution in [2.24, 2.45) is 5.73 Å². The predicted octanol–water partition coefficient (Wildman–Crippen LogP) is 2.07. The van der Waals surface area contributed by atoms with Crippen LogP contribution in [0.3, 0.4) is 0 Å². The molecule has 0 atom stereocenters. The molecule has 28 heavy (non-hydrogen) atoms. The molecule has 0 radical (unpaired) electrons. The molecule has 0 aliphatic carbocycles. The standard InChI is InChI=1S/C20H24N4O3S/c21-19(26)14-1-3-16(4-2-14)22-18(25)7-11-24-9-5-17(6-10-24)23-20(27)15-8-12-28-13-15/h1-4,8,12-13,17H,5-7,9-11H2,(H2,21,26)(H,22,25)(H,23,27). The van der Waals surface area contributed by atoms with Gasteiger partial charge in [0.25, 0.3) is 5.91 Å². The zero-order valence-electron chi connectivity index (χ0n) is 15.5. The van der Waals surface area contributed by atoms with Gasteiger partial charge in [-0.25, -0.2) is 0 Å². The molecule has 0 unspecified atom stereocenters. The van der Waals surface area contributed by atoms with Crippen molar-refractivity contribution >= 4 is 34.7 Å². The number of piperidine rings is 1. The van der Waals surface area contributed by atoms with Gasteiger partial charge in [-0.05, 0) is 48.6 Å². The molecule has 0 spiro atoms. The van der Waals surface area contributed by atoms with Crippen LogP contribution in [0, 0.1) is 0 Å². The minimum atomic E-state index is -0.493. The number of primary amides is 1. The molecule has 1 saturated heterocycles. The number of thiophene rings is 1. The second-order valence-corrected chi connectivity index (χ2v) is 7.62. The van der Waals surface area contributed by atoms with Crippen LogP contribution in [-0.4, -0.2) is 48.3 Å². The molecule has 1 aliphatic rings. The van der Waals surface area contributed by atoms with E-state index in [1.54, 1.807) is 24.3 Å². The lowest BCUT2D eigenvalue weighted by Crippen LogP contribution is -2.45. The summed E-state index contributed by atoms with van der Waals surface area (Å²) < 4.78 is 0. The van der Waals surface area contributed by atoms with Crippen molar-refractivity contribution in [3.63, 3.8) is 0 Å². The largest absolute Gasteiger partial charge is 0.366 e. The first kappa shape index (κ1) is 20.0. The summed E-state index contributed by atoms with van der Waals surface area (Å²) in [6.45, 7) is 2.39. The molecule has 1 aromatic carbocycles. The smallest absolute Gasteiger partial charge is 0.252 e. The third-order valence-electron chi connectivity index (χ3n) is 4.81. The summed E-state index contributed by atoms with van der Waals surface area (Å²) in [6.07, 6.45) is 2.15. The van der Waals surface area contributed by atoms with E-state index < -0.39 is 5.91 Å². The molecule has 7 nitrogen and oxygen atoms in total. The monoisotopic (exact) mass is 400 g/mol. The van der Waals surface area contributed by atoms with Gasteiger partial charge in [-0.2, -0.15) is 11.3 Å². The topological polar surface area (TPSA) is 105 Å². The molecular weight excluding hydrogens is 376 g/mol. The Kier molecular flexibility index (Phi) is 6.78. The van der Waals surface area contributed by atoms with Crippen molar-refractivity contribution in [3.8, 4) is 0 Å². The van der Waals surface area contributed by atoms with E-state index in [0.717, 1.165) is 25.9 Å². The first-order valence-corrected chi connectivity index (χ1v) is 10.2. The van der Waals surface area contributed by atoms with E-state index in [0.29, 0.717) is 29.8 Å². The molecule has 0 bridgehead atoms. The second kappa shape index (κ2) is 9.48. The van der Waals surface area contributed by atoms with E-state index in [1.807, 2.05) is 16.8 Å². The third-order valence-corrected chi connectivity index (χ3v) is 5.50. The zero-order valence-corrected chi connectivity index (χ0v) is 16.3. The summed E-state index contributed by atoms with van der Waals surface area (Å²) in [5.74, 6) is -0.575. The summed E-state index contributed by atoms with van der Waals surface area (Å²) in [6, 6.07) is 8.52. The molecule has 148 valence electrons. The SMILES string of the molecule is NC(=O)c1ccc(NC(=O)CCN2CCC(NC(=O)c3ccsc3)CC2)cc1. The Bertz CT molecular complexity index is 812. The maximum Gasteiger partial charge on any atom is 0.252 e. The third kappa shape index (κ3) is 5.64. The fraction of sp³-hybridized carbons (Fsp3) is 0.350. The van der Waals surface area contributed by atoms with Gasteiger partial charge >= 0.3 is 0 Å². The van der Waals surface area contributed by atoms with Crippen LogP contribution in [0.25, 0.3) is 0 Å². The molecule has 1 aromatic heterocycles. The number of rotatable bonds is 7. The van der Waals surface area contributed by atoms with Crippen molar-refractivity contribution in [3.05, 3.63) is 52.2 Å². The fourth-order valence-electron chi connectivity index (χ4n) is 3.16. The number of amides is 3. The lowest BCUT2D eigenvalue weighted by molar-refractivity contribution is -0.116. The van der Waals surface area contributed by atoms with E-state index >= 15 is 0 Å². The van der Waals surface area contributed by atoms with Crippen LogP contribution >= 0.6 is 11.3 Å². The molecule has 2 heterocycles. The maximum absolute atomic E-state index is 12.1. The number of benzene rings is 1. The van der Waals surface area contributed by atoms with Gasteiger partial charge < -0.3 is 21.3 Å². The van der Waals surface area contributed by atoms with Crippen LogP contribution in [0.1, 0.15) is 40.0 Å². The highest BCUT2D eigenvalue weighted by Crippen LogP contribution is 2.14. The van der Waals surface area contributed by atoms with E-state index in [9.17, 15) is 14.4 Å². The number of nitrogens with zero attached hydrogens (tertiary/aromatic N) is 1. The normalized spacial score (nSPS) is 15.1. The number of likely N-dealkylation sites (tertiary alicyclic amines) is 1. The van der Waals surface area contributed by atoms with Crippen LogP contribution in [0.5, 0.6) is 0 Å². The fourth-order valence-corrected chi connectivity index (χ4v) is 3.80. The molecule has 3 rings (SSSR count). The molecule has 3 amide bonds. The average molecular weight is 401 g/mol. The summed E-state index contributed by atoms with van der Waals surface area (Å²) in [5, 5.41) is 9.65. The Hall–Kier alpha value is -2.71. The van der Waals surface area contributed by atoms with Crippen LogP contribution in [-0.2, 0) is 4.79 Å². The Balaban J connectivity index is 1.36. The van der Waals surface area contributed by atoms with Crippen molar-refractivity contribution in [2.75, 3.05) is 25.0 Å². The van der Waals surface area contributed by atoms with Gasteiger partial charge in [-0.15, -0.1) is 0 Å². The quantitative estimate of drug-likeness (QED) is 0.662. The van der Waals surface area contributed by atoms with Crippen LogP contribution < -0.4 is 16.4 Å². The van der Waals surface area contributed by atoms with E-state index in [4.69, 9.17) is 5.73 Å². The van der Waals surface area contributed by atoms with Crippen molar-refractivity contribution in [1.82, 2.24) is 10.2 Å². The molecule has 4 N–H and O–H groups in total. The predicted molar refractivity (Wildman–Crippen MR) is 109 cm³/mol. The zero-order chi connectivity index (χ0) is 19.9. The Morgan fingerprint density at radius 2 is 1.79 bits per heavy atom. The average Bonchev–Trinajstić information content (AvgIpc) is 3.23. The highest BCUT2D eigenvalue weighted by Gasteiger charge is 2.21. The van der Waals surface area contributed by atoms with E-state index in [-0.39, 0.29) is 17.9 Å². The highest BCUT2D eigenvalue weighted by molar-refractivity contribution is 7.08. The van der Waals surface area contributed by atoms with Crippen LogP contribution in [0.2, 0.25) is 0 Å². The minimum Gasteiger partial charge on any atom is -0.366 e. The van der Waals surface area contributed by atoms with Crippen molar-refractivity contribution in [1.29, 1.82) is 0 Å². The van der Waals surface area contributed by atoms with E-state index in [1.165, 1.54) is 11.3 Å². The molecule has 0 saturated carbocycles. The maximum atomic E-state index is 12.1. The molecule has 1 fully saturated rings. The van der Waals surface area contributed by atoms with Gasteiger partial charge in [-0.1, -0.05) is 0 Å². The number of nitrogens with one attached hydrogen (secondary N) is 2. The lowest BCUT2D eigenvalue weighted by Gasteiger charge is -2.32. The first-order valence-electron chi connectivity index (χ1n) is 9.26. The van der Waals surface area contributed by atoms with Crippen LogP contribution in [0.15, 0.2) is 41.1 Å². The number of carbonyl (C=O) groups is 3. The molecule has 8 heteroatoms. The lowest BCUT2D eigenvalue weighted by atomic mass is 10.0. The number of anilines is 1. The van der Waals surface area contributed by atoms with Crippen molar-refractivity contribution in [2.45, 2.75) is 25.3 Å². The van der Waals surface area contributed by atoms with Gasteiger partial charge in [0.1, 0.15) is 0 Å². The molecular formula is C20H24N4O3S. The summed E-state index contributed by atoms with van der Waals surface area (Å²) >= 11 is 1.51. The van der Waals surface area contributed by atoms with Gasteiger partial charge in [0.15, 0.2) is 0 Å². The van der Waals surface area contributed by atoms with Gasteiger partial charge in [-0.3, -0.25) is 14.4 Å². The Labute approximate surface area is 167 Å². The first-order chi connectivity index (χ1) is 13.5. The van der Waals surface area contributed by atoms with Gasteiger partial charge in [0.2, 0.25) is 11.8 Å². The van der Waals surface area contributed by atoms with Gasteiger partial charge in [0.05, 0.1) is 0 Å². The number of hydrogen-bond acceptors (Lipinski definition) is 5. The summed E-state index contributed by atoms with van der Waals surface area (Å²) in [7, 11) is 0. The molecule has 1 aliphatic heterocycles. The number of carbonyl (C=O) groups excluding carboxylic acids is 3. The minimum absolute atomic E-state index is 0.0126. The highest BCUT2D eigenvalue weighted by atomic mass is 32.1. The van der Waals surface area contributed by atoms with Crippen LogP contribution in [0.4, 0.5) is 5.69 Å². The van der Waals surface area contributed by atoms with Crippen molar-refractivity contribution < 1.29 is 14.4 Å². The second-order valence-electron chi connectivity index (χ2n) is 6.84. The molecule has 2 aromatic rings. The van der Waals surface area contributed by atoms with E-state index in [2.05, 4.69) is 15.5 Å². The Morgan fingerprint density at radius 3 is 2.39 bits per heavy atom. The summed E-state index contributed by atoms with van der Waals surface area (Å²) in [5.41, 5.74) is 6.97. The number of nitrogens with two attached hydrogens (primary N) is 1. The Morgan fingerprint density at radius 1 is 1.07 bits per heavy atom.